The van der Waals surface area contributed by atoms with Crippen molar-refractivity contribution in [3.05, 3.63) is 64.2 Å². The number of nitrogens with one attached hydrogen (secondary N) is 1. The lowest BCUT2D eigenvalue weighted by molar-refractivity contribution is -0.387. The Kier molecular flexibility index (Phi) is 3.85. The number of anilines is 1. The molecule has 0 amide bonds. The SMILES string of the molecule is O=[N+]([O-])c1cc(S(=O)(=O)Nc2ccccc2F)ccc1F. The van der Waals surface area contributed by atoms with Crippen LogP contribution in [-0.2, 0) is 10.0 Å². The van der Waals surface area contributed by atoms with Gasteiger partial charge in [0.2, 0.25) is 5.82 Å². The Balaban J connectivity index is 2.43. The number of nitrogens with zero attached hydrogens (tertiary/aromatic N) is 1. The van der Waals surface area contributed by atoms with Crippen molar-refractivity contribution in [3.8, 4) is 0 Å². The van der Waals surface area contributed by atoms with Crippen LogP contribution in [0.1, 0.15) is 0 Å². The number of para-hydroxylation sites is 1. The molecule has 0 unspecified atom stereocenters. The lowest BCUT2D eigenvalue weighted by atomic mass is 10.3. The summed E-state index contributed by atoms with van der Waals surface area (Å²) in [4.78, 5) is 9.02. The van der Waals surface area contributed by atoms with Crippen molar-refractivity contribution >= 4 is 21.4 Å². The molecule has 0 fully saturated rings. The Bertz CT molecular complexity index is 809. The number of benzene rings is 2. The van der Waals surface area contributed by atoms with Crippen LogP contribution in [0.2, 0.25) is 0 Å². The van der Waals surface area contributed by atoms with Crippen LogP contribution in [0.15, 0.2) is 47.4 Å². The number of nitro benzene ring substituents is 1. The molecule has 2 aromatic rings. The summed E-state index contributed by atoms with van der Waals surface area (Å²) in [5, 5.41) is 10.6. The van der Waals surface area contributed by atoms with E-state index in [1.165, 1.54) is 18.2 Å². The highest BCUT2D eigenvalue weighted by molar-refractivity contribution is 7.92. The highest BCUT2D eigenvalue weighted by Crippen LogP contribution is 2.24. The van der Waals surface area contributed by atoms with Gasteiger partial charge in [0, 0.05) is 6.07 Å². The lowest BCUT2D eigenvalue weighted by Crippen LogP contribution is -2.14. The maximum Gasteiger partial charge on any atom is 0.306 e. The van der Waals surface area contributed by atoms with Gasteiger partial charge in [0.25, 0.3) is 10.0 Å². The molecule has 0 aliphatic carbocycles. The summed E-state index contributed by atoms with van der Waals surface area (Å²) in [7, 11) is -4.27. The molecule has 110 valence electrons. The quantitative estimate of drug-likeness (QED) is 0.694. The van der Waals surface area contributed by atoms with Gasteiger partial charge in [0.15, 0.2) is 0 Å². The normalized spacial score (nSPS) is 11.1. The highest BCUT2D eigenvalue weighted by atomic mass is 32.2. The second kappa shape index (κ2) is 5.44. The van der Waals surface area contributed by atoms with Gasteiger partial charge in [-0.15, -0.1) is 0 Å². The first-order valence-electron chi connectivity index (χ1n) is 5.52. The third-order valence-corrected chi connectivity index (χ3v) is 3.91. The number of halogens is 2. The molecule has 0 radical (unpaired) electrons. The minimum absolute atomic E-state index is 0.315. The Morgan fingerprint density at radius 1 is 1.05 bits per heavy atom. The zero-order chi connectivity index (χ0) is 15.6. The summed E-state index contributed by atoms with van der Waals surface area (Å²) in [6.07, 6.45) is 0. The average molecular weight is 314 g/mol. The monoisotopic (exact) mass is 314 g/mol. The summed E-state index contributed by atoms with van der Waals surface area (Å²) >= 11 is 0. The molecule has 0 aliphatic rings. The van der Waals surface area contributed by atoms with Gasteiger partial charge in [0.1, 0.15) is 5.82 Å². The molecule has 2 rings (SSSR count). The van der Waals surface area contributed by atoms with E-state index in [-0.39, 0.29) is 5.69 Å². The molecular weight excluding hydrogens is 306 g/mol. The molecule has 0 saturated carbocycles. The van der Waals surface area contributed by atoms with E-state index < -0.39 is 37.2 Å². The van der Waals surface area contributed by atoms with Gasteiger partial charge in [-0.2, -0.15) is 4.39 Å². The van der Waals surface area contributed by atoms with Gasteiger partial charge in [-0.1, -0.05) is 12.1 Å². The molecule has 9 heteroatoms. The van der Waals surface area contributed by atoms with Gasteiger partial charge in [-0.3, -0.25) is 14.8 Å². The summed E-state index contributed by atoms with van der Waals surface area (Å²) in [5.41, 5.74) is -1.30. The Morgan fingerprint density at radius 3 is 2.33 bits per heavy atom. The topological polar surface area (TPSA) is 89.3 Å². The second-order valence-corrected chi connectivity index (χ2v) is 5.64. The van der Waals surface area contributed by atoms with Gasteiger partial charge < -0.3 is 0 Å². The smallest absolute Gasteiger partial charge is 0.277 e. The zero-order valence-corrected chi connectivity index (χ0v) is 11.1. The van der Waals surface area contributed by atoms with E-state index in [9.17, 15) is 27.3 Å². The van der Waals surface area contributed by atoms with Crippen LogP contribution in [0.4, 0.5) is 20.2 Å². The third-order valence-electron chi connectivity index (χ3n) is 2.54. The number of sulfonamides is 1. The van der Waals surface area contributed by atoms with Crippen molar-refractivity contribution in [1.29, 1.82) is 0 Å². The predicted molar refractivity (Wildman–Crippen MR) is 70.3 cm³/mol. The molecule has 0 aromatic heterocycles. The van der Waals surface area contributed by atoms with E-state index in [4.69, 9.17) is 0 Å². The van der Waals surface area contributed by atoms with Crippen molar-refractivity contribution in [2.75, 3.05) is 4.72 Å². The van der Waals surface area contributed by atoms with Crippen molar-refractivity contribution < 1.29 is 22.1 Å². The standard InChI is InChI=1S/C12H8F2N2O4S/c13-9-3-1-2-4-11(9)15-21(19,20)8-5-6-10(14)12(7-8)16(17)18/h1-7,15H. The van der Waals surface area contributed by atoms with Gasteiger partial charge in [0.05, 0.1) is 15.5 Å². The second-order valence-electron chi connectivity index (χ2n) is 3.96. The molecule has 6 nitrogen and oxygen atoms in total. The zero-order valence-electron chi connectivity index (χ0n) is 10.3. The fourth-order valence-electron chi connectivity index (χ4n) is 1.55. The van der Waals surface area contributed by atoms with Crippen LogP contribution in [0, 0.1) is 21.7 Å². The van der Waals surface area contributed by atoms with Crippen LogP contribution in [-0.4, -0.2) is 13.3 Å². The Morgan fingerprint density at radius 2 is 1.71 bits per heavy atom. The summed E-state index contributed by atoms with van der Waals surface area (Å²) in [5.74, 6) is -1.97. The Labute approximate surface area is 118 Å². The largest absolute Gasteiger partial charge is 0.306 e. The molecule has 0 heterocycles. The Hall–Kier alpha value is -2.55. The number of hydrogen-bond donors (Lipinski definition) is 1. The van der Waals surface area contributed by atoms with E-state index in [2.05, 4.69) is 0 Å². The van der Waals surface area contributed by atoms with Crippen LogP contribution in [0.5, 0.6) is 0 Å². The molecule has 0 bridgehead atoms. The van der Waals surface area contributed by atoms with Gasteiger partial charge in [-0.25, -0.2) is 12.8 Å². The number of hydrogen-bond acceptors (Lipinski definition) is 4. The lowest BCUT2D eigenvalue weighted by Gasteiger charge is -2.08. The number of rotatable bonds is 4. The van der Waals surface area contributed by atoms with Crippen molar-refractivity contribution in [2.45, 2.75) is 4.90 Å². The van der Waals surface area contributed by atoms with Crippen molar-refractivity contribution in [2.24, 2.45) is 0 Å². The van der Waals surface area contributed by atoms with Crippen LogP contribution >= 0.6 is 0 Å². The minimum Gasteiger partial charge on any atom is -0.277 e. The molecule has 0 saturated heterocycles. The molecule has 1 N–H and O–H groups in total. The maximum atomic E-state index is 13.4. The molecule has 0 atom stereocenters. The fraction of sp³-hybridized carbons (Fsp3) is 0. The maximum absolute atomic E-state index is 13.4. The molecular formula is C12H8F2N2O4S. The predicted octanol–water partition coefficient (Wildman–Crippen LogP) is 2.67. The van der Waals surface area contributed by atoms with Gasteiger partial charge >= 0.3 is 5.69 Å². The van der Waals surface area contributed by atoms with E-state index in [1.54, 1.807) is 0 Å². The van der Waals surface area contributed by atoms with Crippen LogP contribution < -0.4 is 4.72 Å². The first kappa shape index (κ1) is 14.9. The van der Waals surface area contributed by atoms with E-state index >= 15 is 0 Å². The van der Waals surface area contributed by atoms with Crippen molar-refractivity contribution in [3.63, 3.8) is 0 Å². The highest BCUT2D eigenvalue weighted by Gasteiger charge is 2.22. The first-order chi connectivity index (χ1) is 9.81. The minimum atomic E-state index is -4.27. The molecule has 21 heavy (non-hydrogen) atoms. The summed E-state index contributed by atoms with van der Waals surface area (Å²) < 4.78 is 52.6. The van der Waals surface area contributed by atoms with Gasteiger partial charge in [-0.05, 0) is 24.3 Å². The third kappa shape index (κ3) is 3.14. The summed E-state index contributed by atoms with van der Waals surface area (Å²) in [6, 6.07) is 7.10. The molecule has 0 aliphatic heterocycles. The number of nitro groups is 1. The van der Waals surface area contributed by atoms with Crippen LogP contribution in [0.3, 0.4) is 0 Å². The molecule has 0 spiro atoms. The first-order valence-corrected chi connectivity index (χ1v) is 7.01. The van der Waals surface area contributed by atoms with Crippen LogP contribution in [0.25, 0.3) is 0 Å². The van der Waals surface area contributed by atoms with E-state index in [1.807, 2.05) is 4.72 Å². The van der Waals surface area contributed by atoms with Crippen molar-refractivity contribution in [1.82, 2.24) is 0 Å². The summed E-state index contributed by atoms with van der Waals surface area (Å²) in [6.45, 7) is 0. The average Bonchev–Trinajstić information content (AvgIpc) is 2.41. The molecule has 2 aromatic carbocycles. The van der Waals surface area contributed by atoms with E-state index in [0.717, 1.165) is 12.1 Å². The van der Waals surface area contributed by atoms with E-state index in [0.29, 0.717) is 12.1 Å². The fourth-order valence-corrected chi connectivity index (χ4v) is 2.63.